The highest BCUT2D eigenvalue weighted by Gasteiger charge is 2.19. The molecule has 0 aliphatic heterocycles. The molecule has 2 aromatic heterocycles. The van der Waals surface area contributed by atoms with E-state index in [1.54, 1.807) is 24.3 Å². The van der Waals surface area contributed by atoms with E-state index in [1.165, 1.54) is 11.1 Å². The fourth-order valence-electron chi connectivity index (χ4n) is 4.92. The number of aromatic nitrogens is 2. The van der Waals surface area contributed by atoms with E-state index >= 15 is 0 Å². The van der Waals surface area contributed by atoms with E-state index in [9.17, 15) is 9.59 Å². The van der Waals surface area contributed by atoms with Gasteiger partial charge in [-0.3, -0.25) is 9.59 Å². The minimum atomic E-state index is -0.0778. The third kappa shape index (κ3) is 4.60. The molecule has 4 heteroatoms. The molecule has 0 unspecified atom stereocenters. The van der Waals surface area contributed by atoms with Gasteiger partial charge < -0.3 is 9.97 Å². The molecule has 0 bridgehead atoms. The number of aromatic amines is 2. The van der Waals surface area contributed by atoms with Gasteiger partial charge in [0.15, 0.2) is 10.9 Å². The predicted octanol–water partition coefficient (Wildman–Crippen LogP) is 8.08. The summed E-state index contributed by atoms with van der Waals surface area (Å²) in [5, 5.41) is 1.11. The van der Waals surface area contributed by atoms with Crippen molar-refractivity contribution in [2.75, 3.05) is 0 Å². The van der Waals surface area contributed by atoms with Gasteiger partial charge in [0.1, 0.15) is 0 Å². The van der Waals surface area contributed by atoms with Crippen molar-refractivity contribution in [3.05, 3.63) is 104 Å². The van der Waals surface area contributed by atoms with Crippen LogP contribution in [-0.4, -0.2) is 9.97 Å². The summed E-state index contributed by atoms with van der Waals surface area (Å²) in [4.78, 5) is 33.1. The Bertz CT molecular complexity index is 1620. The first-order chi connectivity index (χ1) is 18.0. The van der Waals surface area contributed by atoms with Gasteiger partial charge in [-0.1, -0.05) is 90.1 Å². The van der Waals surface area contributed by atoms with Gasteiger partial charge in [-0.2, -0.15) is 0 Å². The summed E-state index contributed by atoms with van der Waals surface area (Å²) in [6.07, 6.45) is 2.09. The second kappa shape index (κ2) is 9.43. The van der Waals surface area contributed by atoms with E-state index in [0.717, 1.165) is 35.4 Å². The molecule has 38 heavy (non-hydrogen) atoms. The number of pyridine rings is 2. The number of benzene rings is 3. The van der Waals surface area contributed by atoms with Gasteiger partial charge in [0.25, 0.3) is 0 Å². The highest BCUT2D eigenvalue weighted by Crippen LogP contribution is 2.30. The maximum absolute atomic E-state index is 13.2. The van der Waals surface area contributed by atoms with Crippen LogP contribution in [0.4, 0.5) is 0 Å². The van der Waals surface area contributed by atoms with Gasteiger partial charge >= 0.3 is 0 Å². The van der Waals surface area contributed by atoms with Crippen LogP contribution >= 0.6 is 0 Å². The molecule has 0 saturated carbocycles. The van der Waals surface area contributed by atoms with Crippen molar-refractivity contribution < 1.29 is 0 Å². The standard InChI is InChI=1S/C34H36N2O2/c1-7-33(3,4)23-13-9-21(10-14-23)27-19-31(37)25-18-30-26(17-29(25)35-27)32(38)20-28(36-30)22-11-15-24(16-12-22)34(5,6)8-2/h9-20H,7-8H2,1-6H3,(H,35,37)(H,36,38). The molecular weight excluding hydrogens is 468 g/mol. The molecule has 0 aliphatic rings. The molecule has 0 saturated heterocycles. The molecule has 0 spiro atoms. The topological polar surface area (TPSA) is 65.7 Å². The summed E-state index contributed by atoms with van der Waals surface area (Å²) in [6.45, 7) is 13.3. The van der Waals surface area contributed by atoms with Crippen molar-refractivity contribution in [3.63, 3.8) is 0 Å². The third-order valence-corrected chi connectivity index (χ3v) is 8.50. The molecule has 4 nitrogen and oxygen atoms in total. The number of fused-ring (bicyclic) bond motifs is 2. The number of nitrogens with one attached hydrogen (secondary N) is 2. The molecule has 0 radical (unpaired) electrons. The SMILES string of the molecule is CCC(C)(C)c1ccc(-c2cc(=O)c3cc4[nH]c(-c5ccc(C(C)(C)CC)cc5)cc(=O)c4cc3[nH]2)cc1. The van der Waals surface area contributed by atoms with E-state index in [4.69, 9.17) is 0 Å². The number of rotatable bonds is 6. The summed E-state index contributed by atoms with van der Waals surface area (Å²) in [5.41, 5.74) is 7.26. The van der Waals surface area contributed by atoms with E-state index < -0.39 is 0 Å². The average molecular weight is 505 g/mol. The van der Waals surface area contributed by atoms with Crippen LogP contribution in [-0.2, 0) is 10.8 Å². The van der Waals surface area contributed by atoms with Crippen LogP contribution in [0.1, 0.15) is 65.5 Å². The molecule has 3 aromatic carbocycles. The maximum Gasteiger partial charge on any atom is 0.190 e. The molecule has 5 rings (SSSR count). The van der Waals surface area contributed by atoms with Gasteiger partial charge in [-0.15, -0.1) is 0 Å². The molecule has 0 atom stereocenters. The third-order valence-electron chi connectivity index (χ3n) is 8.50. The molecule has 2 N–H and O–H groups in total. The summed E-state index contributed by atoms with van der Waals surface area (Å²) in [5.74, 6) is 0. The summed E-state index contributed by atoms with van der Waals surface area (Å²) >= 11 is 0. The average Bonchev–Trinajstić information content (AvgIpc) is 2.92. The minimum Gasteiger partial charge on any atom is -0.354 e. The number of hydrogen-bond acceptors (Lipinski definition) is 2. The Morgan fingerprint density at radius 3 is 1.21 bits per heavy atom. The zero-order valence-electron chi connectivity index (χ0n) is 23.2. The molecule has 0 fully saturated rings. The van der Waals surface area contributed by atoms with Crippen LogP contribution in [0.25, 0.3) is 44.3 Å². The lowest BCUT2D eigenvalue weighted by molar-refractivity contribution is 0.506. The van der Waals surface area contributed by atoms with E-state index in [0.29, 0.717) is 21.8 Å². The lowest BCUT2D eigenvalue weighted by Crippen LogP contribution is -2.15. The van der Waals surface area contributed by atoms with Crippen LogP contribution in [0, 0.1) is 0 Å². The Labute approximate surface area is 223 Å². The second-order valence-corrected chi connectivity index (χ2v) is 11.7. The Balaban J connectivity index is 1.56. The first-order valence-electron chi connectivity index (χ1n) is 13.5. The van der Waals surface area contributed by atoms with Crippen molar-refractivity contribution in [1.82, 2.24) is 9.97 Å². The van der Waals surface area contributed by atoms with Gasteiger partial charge in [0.2, 0.25) is 0 Å². The highest BCUT2D eigenvalue weighted by atomic mass is 16.1. The smallest absolute Gasteiger partial charge is 0.190 e. The number of hydrogen-bond donors (Lipinski definition) is 2. The largest absolute Gasteiger partial charge is 0.354 e. The Morgan fingerprint density at radius 2 is 0.895 bits per heavy atom. The predicted molar refractivity (Wildman–Crippen MR) is 160 cm³/mol. The van der Waals surface area contributed by atoms with Gasteiger partial charge in [0.05, 0.1) is 11.0 Å². The minimum absolute atomic E-state index is 0.0778. The maximum atomic E-state index is 13.2. The first kappa shape index (κ1) is 25.7. The van der Waals surface area contributed by atoms with Crippen LogP contribution in [0.2, 0.25) is 0 Å². The zero-order valence-corrected chi connectivity index (χ0v) is 23.2. The second-order valence-electron chi connectivity index (χ2n) is 11.7. The van der Waals surface area contributed by atoms with Gasteiger partial charge in [-0.25, -0.2) is 0 Å². The highest BCUT2D eigenvalue weighted by molar-refractivity contribution is 5.96. The summed E-state index contributed by atoms with van der Waals surface area (Å²) < 4.78 is 0. The fourth-order valence-corrected chi connectivity index (χ4v) is 4.92. The van der Waals surface area contributed by atoms with Crippen LogP contribution < -0.4 is 10.9 Å². The Hall–Kier alpha value is -3.92. The Morgan fingerprint density at radius 1 is 0.553 bits per heavy atom. The molecule has 0 amide bonds. The molecule has 194 valence electrons. The normalized spacial score (nSPS) is 12.4. The van der Waals surface area contributed by atoms with E-state index in [-0.39, 0.29) is 21.7 Å². The van der Waals surface area contributed by atoms with Crippen LogP contribution in [0.15, 0.2) is 82.4 Å². The fraction of sp³-hybridized carbons (Fsp3) is 0.294. The molecule has 2 heterocycles. The first-order valence-corrected chi connectivity index (χ1v) is 13.5. The summed E-state index contributed by atoms with van der Waals surface area (Å²) in [7, 11) is 0. The quantitative estimate of drug-likeness (QED) is 0.230. The molecular formula is C34H36N2O2. The number of H-pyrrole nitrogens is 2. The summed E-state index contributed by atoms with van der Waals surface area (Å²) in [6, 6.07) is 23.6. The lowest BCUT2D eigenvalue weighted by atomic mass is 9.82. The van der Waals surface area contributed by atoms with Crippen LogP contribution in [0.5, 0.6) is 0 Å². The van der Waals surface area contributed by atoms with Crippen LogP contribution in [0.3, 0.4) is 0 Å². The van der Waals surface area contributed by atoms with Gasteiger partial charge in [0, 0.05) is 34.3 Å². The van der Waals surface area contributed by atoms with E-state index in [1.807, 2.05) is 0 Å². The Kier molecular flexibility index (Phi) is 6.38. The lowest BCUT2D eigenvalue weighted by Gasteiger charge is -2.23. The van der Waals surface area contributed by atoms with Crippen molar-refractivity contribution >= 4 is 21.8 Å². The van der Waals surface area contributed by atoms with Crippen molar-refractivity contribution in [1.29, 1.82) is 0 Å². The van der Waals surface area contributed by atoms with Crippen molar-refractivity contribution in [2.45, 2.75) is 65.2 Å². The molecule has 0 aliphatic carbocycles. The van der Waals surface area contributed by atoms with Crippen molar-refractivity contribution in [3.8, 4) is 22.5 Å². The zero-order chi connectivity index (χ0) is 27.2. The van der Waals surface area contributed by atoms with Gasteiger partial charge in [-0.05, 0) is 58.1 Å². The van der Waals surface area contributed by atoms with Crippen molar-refractivity contribution in [2.24, 2.45) is 0 Å². The van der Waals surface area contributed by atoms with E-state index in [2.05, 4.69) is 100 Å². The monoisotopic (exact) mass is 504 g/mol. The molecule has 5 aromatic rings.